The maximum absolute atomic E-state index is 15.9. The third kappa shape index (κ3) is 4.38. The molecular formula is C21H31BFN3O4S. The van der Waals surface area contributed by atoms with Crippen molar-refractivity contribution in [1.29, 1.82) is 0 Å². The van der Waals surface area contributed by atoms with Crippen LogP contribution in [0, 0.1) is 19.7 Å². The molecule has 3 rings (SSSR count). The van der Waals surface area contributed by atoms with Crippen molar-refractivity contribution >= 4 is 28.3 Å². The Hall–Kier alpha value is -1.91. The monoisotopic (exact) mass is 451 g/mol. The third-order valence-corrected chi connectivity index (χ3v) is 7.62. The number of nitrogens with one attached hydrogen (secondary N) is 1. The topological polar surface area (TPSA) is 82.5 Å². The highest BCUT2D eigenvalue weighted by Gasteiger charge is 2.52. The highest BCUT2D eigenvalue weighted by atomic mass is 32.2. The van der Waals surface area contributed by atoms with E-state index in [1.165, 1.54) is 12.1 Å². The molecule has 1 aromatic carbocycles. The van der Waals surface area contributed by atoms with Gasteiger partial charge < -0.3 is 9.31 Å². The standard InChI is InChI=1S/C21H31BFN3O4S/c1-9-10-31(27,28)25-15-11-16(18-13(2)24-26(8)14(18)3)19(23)17(12-15)22-29-20(4,5)21(6,7)30-22/h11-12,25H,9-10H2,1-8H3. The van der Waals surface area contributed by atoms with Crippen LogP contribution in [0.25, 0.3) is 11.1 Å². The number of hydrogen-bond acceptors (Lipinski definition) is 5. The zero-order valence-electron chi connectivity index (χ0n) is 19.5. The Bertz CT molecular complexity index is 1100. The first-order valence-electron chi connectivity index (χ1n) is 10.4. The van der Waals surface area contributed by atoms with Crippen LogP contribution in [0.3, 0.4) is 0 Å². The molecule has 1 saturated heterocycles. The average Bonchev–Trinajstić information content (AvgIpc) is 2.99. The summed E-state index contributed by atoms with van der Waals surface area (Å²) in [5.74, 6) is -0.549. The van der Waals surface area contributed by atoms with Crippen molar-refractivity contribution in [1.82, 2.24) is 9.78 Å². The first-order chi connectivity index (χ1) is 14.2. The summed E-state index contributed by atoms with van der Waals surface area (Å²) >= 11 is 0. The van der Waals surface area contributed by atoms with Gasteiger partial charge in [-0.05, 0) is 60.1 Å². The van der Waals surface area contributed by atoms with E-state index in [4.69, 9.17) is 9.31 Å². The summed E-state index contributed by atoms with van der Waals surface area (Å²) in [6.45, 7) is 13.0. The van der Waals surface area contributed by atoms with Crippen LogP contribution in [0.1, 0.15) is 52.4 Å². The smallest absolute Gasteiger partial charge is 0.399 e. The number of aryl methyl sites for hydroxylation is 2. The number of anilines is 1. The molecule has 1 fully saturated rings. The van der Waals surface area contributed by atoms with Crippen LogP contribution < -0.4 is 10.2 Å². The second kappa shape index (κ2) is 7.90. The molecule has 0 saturated carbocycles. The van der Waals surface area contributed by atoms with Crippen LogP contribution in [-0.4, -0.2) is 42.3 Å². The minimum Gasteiger partial charge on any atom is -0.399 e. The molecule has 0 aliphatic carbocycles. The van der Waals surface area contributed by atoms with Gasteiger partial charge in [-0.1, -0.05) is 6.92 Å². The predicted molar refractivity (Wildman–Crippen MR) is 121 cm³/mol. The predicted octanol–water partition coefficient (Wildman–Crippen LogP) is 3.29. The largest absolute Gasteiger partial charge is 0.497 e. The van der Waals surface area contributed by atoms with Crippen molar-refractivity contribution in [2.75, 3.05) is 10.5 Å². The number of hydrogen-bond donors (Lipinski definition) is 1. The van der Waals surface area contributed by atoms with Gasteiger partial charge in [0.25, 0.3) is 0 Å². The Morgan fingerprint density at radius 1 is 1.16 bits per heavy atom. The maximum Gasteiger partial charge on any atom is 0.497 e. The average molecular weight is 451 g/mol. The molecule has 0 unspecified atom stereocenters. The van der Waals surface area contributed by atoms with Gasteiger partial charge in [-0.25, -0.2) is 12.8 Å². The number of benzene rings is 1. The molecule has 7 nitrogen and oxygen atoms in total. The molecule has 1 aromatic heterocycles. The van der Waals surface area contributed by atoms with Gasteiger partial charge in [-0.3, -0.25) is 9.40 Å². The van der Waals surface area contributed by atoms with Gasteiger partial charge in [0.15, 0.2) is 0 Å². The molecule has 170 valence electrons. The molecule has 0 amide bonds. The van der Waals surface area contributed by atoms with Crippen molar-refractivity contribution in [3.63, 3.8) is 0 Å². The number of aromatic nitrogens is 2. The quantitative estimate of drug-likeness (QED) is 0.682. The lowest BCUT2D eigenvalue weighted by Gasteiger charge is -2.32. The van der Waals surface area contributed by atoms with E-state index in [-0.39, 0.29) is 22.5 Å². The Balaban J connectivity index is 2.20. The van der Waals surface area contributed by atoms with E-state index >= 15 is 4.39 Å². The molecule has 1 aliphatic rings. The minimum absolute atomic E-state index is 0.0313. The molecule has 0 radical (unpaired) electrons. The summed E-state index contributed by atoms with van der Waals surface area (Å²) in [5, 5.41) is 4.38. The van der Waals surface area contributed by atoms with Crippen molar-refractivity contribution in [3.05, 3.63) is 29.3 Å². The summed E-state index contributed by atoms with van der Waals surface area (Å²) in [4.78, 5) is 0. The fraction of sp³-hybridized carbons (Fsp3) is 0.571. The van der Waals surface area contributed by atoms with E-state index in [9.17, 15) is 8.42 Å². The molecule has 0 bridgehead atoms. The van der Waals surface area contributed by atoms with Crippen molar-refractivity contribution < 1.29 is 22.1 Å². The van der Waals surface area contributed by atoms with E-state index in [2.05, 4.69) is 9.82 Å². The molecule has 0 atom stereocenters. The first-order valence-corrected chi connectivity index (χ1v) is 12.0. The van der Waals surface area contributed by atoms with E-state index in [1.54, 1.807) is 25.6 Å². The highest BCUT2D eigenvalue weighted by molar-refractivity contribution is 7.92. The maximum atomic E-state index is 15.9. The Labute approximate surface area is 184 Å². The second-order valence-electron chi connectivity index (χ2n) is 9.11. The normalized spacial score (nSPS) is 17.9. The van der Waals surface area contributed by atoms with Gasteiger partial charge in [-0.15, -0.1) is 0 Å². The number of sulfonamides is 1. The van der Waals surface area contributed by atoms with Gasteiger partial charge in [0.05, 0.1) is 22.6 Å². The van der Waals surface area contributed by atoms with Crippen LogP contribution >= 0.6 is 0 Å². The van der Waals surface area contributed by atoms with Crippen LogP contribution in [-0.2, 0) is 26.4 Å². The van der Waals surface area contributed by atoms with E-state index in [0.29, 0.717) is 17.7 Å². The van der Waals surface area contributed by atoms with Gasteiger partial charge in [0.1, 0.15) is 5.82 Å². The van der Waals surface area contributed by atoms with Crippen LogP contribution in [0.5, 0.6) is 0 Å². The molecule has 2 heterocycles. The van der Waals surface area contributed by atoms with Crippen molar-refractivity contribution in [2.45, 2.75) is 66.1 Å². The second-order valence-corrected chi connectivity index (χ2v) is 10.9. The third-order valence-electron chi connectivity index (χ3n) is 6.13. The minimum atomic E-state index is -3.57. The molecule has 1 aliphatic heterocycles. The number of rotatable bonds is 6. The van der Waals surface area contributed by atoms with Gasteiger partial charge >= 0.3 is 7.12 Å². The summed E-state index contributed by atoms with van der Waals surface area (Å²) in [6, 6.07) is 2.96. The highest BCUT2D eigenvalue weighted by Crippen LogP contribution is 2.38. The van der Waals surface area contributed by atoms with Gasteiger partial charge in [-0.2, -0.15) is 5.10 Å². The summed E-state index contributed by atoms with van der Waals surface area (Å²) in [7, 11) is -2.76. The Morgan fingerprint density at radius 2 is 1.74 bits per heavy atom. The fourth-order valence-corrected chi connectivity index (χ4v) is 4.81. The summed E-state index contributed by atoms with van der Waals surface area (Å²) < 4.78 is 57.1. The summed E-state index contributed by atoms with van der Waals surface area (Å²) in [5.41, 5.74) is 1.37. The lowest BCUT2D eigenvalue weighted by Crippen LogP contribution is -2.41. The fourth-order valence-electron chi connectivity index (χ4n) is 3.69. The molecule has 0 spiro atoms. The summed E-state index contributed by atoms with van der Waals surface area (Å²) in [6.07, 6.45) is 0.467. The SMILES string of the molecule is CCCS(=O)(=O)Nc1cc(B2OC(C)(C)C(C)(C)O2)c(F)c(-c2c(C)nn(C)c2C)c1. The van der Waals surface area contributed by atoms with Crippen LogP contribution in [0.15, 0.2) is 12.1 Å². The number of halogens is 1. The van der Waals surface area contributed by atoms with Crippen LogP contribution in [0.4, 0.5) is 10.1 Å². The zero-order chi connectivity index (χ0) is 23.4. The van der Waals surface area contributed by atoms with Crippen LogP contribution in [0.2, 0.25) is 0 Å². The lowest BCUT2D eigenvalue weighted by molar-refractivity contribution is 0.00578. The lowest BCUT2D eigenvalue weighted by atomic mass is 9.76. The number of nitrogens with zero attached hydrogens (tertiary/aromatic N) is 2. The molecule has 1 N–H and O–H groups in total. The van der Waals surface area contributed by atoms with Crippen molar-refractivity contribution in [2.24, 2.45) is 7.05 Å². The van der Waals surface area contributed by atoms with Crippen molar-refractivity contribution in [3.8, 4) is 11.1 Å². The molecule has 31 heavy (non-hydrogen) atoms. The zero-order valence-corrected chi connectivity index (χ0v) is 20.3. The van der Waals surface area contributed by atoms with E-state index in [0.717, 1.165) is 5.69 Å². The Kier molecular flexibility index (Phi) is 6.05. The van der Waals surface area contributed by atoms with Gasteiger partial charge in [0.2, 0.25) is 10.0 Å². The van der Waals surface area contributed by atoms with Gasteiger partial charge in [0, 0.05) is 35.0 Å². The van der Waals surface area contributed by atoms with E-state index in [1.807, 2.05) is 34.6 Å². The first kappa shape index (κ1) is 23.8. The molecular weight excluding hydrogens is 420 g/mol. The molecule has 10 heteroatoms. The molecule has 2 aromatic rings. The Morgan fingerprint density at radius 3 is 2.23 bits per heavy atom. The van der Waals surface area contributed by atoms with E-state index < -0.39 is 34.2 Å².